The summed E-state index contributed by atoms with van der Waals surface area (Å²) in [4.78, 5) is 37.6. The number of anilines is 1. The van der Waals surface area contributed by atoms with Crippen molar-refractivity contribution in [3.8, 4) is 0 Å². The smallest absolute Gasteiger partial charge is 0.326 e. The molecular formula is C19H24N2O4. The highest BCUT2D eigenvalue weighted by atomic mass is 16.4. The molecule has 4 unspecified atom stereocenters. The average molecular weight is 344 g/mol. The Morgan fingerprint density at radius 2 is 1.76 bits per heavy atom. The number of hydrogen-bond acceptors (Lipinski definition) is 3. The first-order valence-electron chi connectivity index (χ1n) is 8.81. The quantitative estimate of drug-likeness (QED) is 0.879. The molecule has 0 radical (unpaired) electrons. The maximum Gasteiger partial charge on any atom is 0.326 e. The highest BCUT2D eigenvalue weighted by molar-refractivity contribution is 5.98. The Morgan fingerprint density at radius 3 is 2.32 bits per heavy atom. The summed E-state index contributed by atoms with van der Waals surface area (Å²) in [7, 11) is 0. The molecule has 2 aliphatic rings. The SMILES string of the molecule is CC1CCN(C(=O)c2ccc(NC(=O)C3CC3C)cc2)C(C(=O)O)C1. The van der Waals surface area contributed by atoms with Gasteiger partial charge in [-0.2, -0.15) is 0 Å². The molecule has 0 spiro atoms. The standard InChI is InChI=1S/C19H24N2O4/c1-11-7-8-21(16(9-11)19(24)25)18(23)13-3-5-14(6-4-13)20-17(22)15-10-12(15)2/h3-6,11-12,15-16H,7-10H2,1-2H3,(H,20,22)(H,24,25). The molecule has 1 saturated carbocycles. The van der Waals surface area contributed by atoms with Crippen molar-refractivity contribution < 1.29 is 19.5 Å². The lowest BCUT2D eigenvalue weighted by Crippen LogP contribution is -2.49. The van der Waals surface area contributed by atoms with Crippen LogP contribution < -0.4 is 5.32 Å². The van der Waals surface area contributed by atoms with Crippen LogP contribution in [0.1, 0.15) is 43.5 Å². The van der Waals surface area contributed by atoms with Gasteiger partial charge in [-0.15, -0.1) is 0 Å². The highest BCUT2D eigenvalue weighted by Crippen LogP contribution is 2.38. The van der Waals surface area contributed by atoms with E-state index in [0.717, 1.165) is 12.8 Å². The molecule has 6 nitrogen and oxygen atoms in total. The van der Waals surface area contributed by atoms with Crippen LogP contribution >= 0.6 is 0 Å². The van der Waals surface area contributed by atoms with E-state index >= 15 is 0 Å². The van der Waals surface area contributed by atoms with Gasteiger partial charge < -0.3 is 15.3 Å². The lowest BCUT2D eigenvalue weighted by atomic mass is 9.92. The molecule has 1 aliphatic carbocycles. The molecular weight excluding hydrogens is 320 g/mol. The van der Waals surface area contributed by atoms with Crippen LogP contribution in [0.25, 0.3) is 0 Å². The average Bonchev–Trinajstić information content (AvgIpc) is 3.32. The first kappa shape index (κ1) is 17.5. The number of carboxylic acids is 1. The van der Waals surface area contributed by atoms with Gasteiger partial charge in [-0.1, -0.05) is 13.8 Å². The fourth-order valence-corrected chi connectivity index (χ4v) is 3.40. The molecule has 1 aromatic carbocycles. The molecule has 2 fully saturated rings. The maximum absolute atomic E-state index is 12.7. The molecule has 134 valence electrons. The number of nitrogens with one attached hydrogen (secondary N) is 1. The molecule has 2 N–H and O–H groups in total. The molecule has 0 aromatic heterocycles. The number of nitrogens with zero attached hydrogens (tertiary/aromatic N) is 1. The first-order valence-corrected chi connectivity index (χ1v) is 8.81. The Labute approximate surface area is 147 Å². The van der Waals surface area contributed by atoms with Crippen LogP contribution in [0.5, 0.6) is 0 Å². The third-order valence-electron chi connectivity index (χ3n) is 5.26. The van der Waals surface area contributed by atoms with Gasteiger partial charge in [0.1, 0.15) is 6.04 Å². The van der Waals surface area contributed by atoms with E-state index in [1.54, 1.807) is 24.3 Å². The summed E-state index contributed by atoms with van der Waals surface area (Å²) >= 11 is 0. The number of rotatable bonds is 4. The summed E-state index contributed by atoms with van der Waals surface area (Å²) in [5, 5.41) is 12.3. The first-order chi connectivity index (χ1) is 11.9. The Hall–Kier alpha value is -2.37. The van der Waals surface area contributed by atoms with E-state index in [4.69, 9.17) is 0 Å². The monoisotopic (exact) mass is 344 g/mol. The lowest BCUT2D eigenvalue weighted by molar-refractivity contribution is -0.144. The minimum atomic E-state index is -0.956. The Morgan fingerprint density at radius 1 is 1.12 bits per heavy atom. The van der Waals surface area contributed by atoms with Gasteiger partial charge in [0.25, 0.3) is 5.91 Å². The van der Waals surface area contributed by atoms with E-state index in [9.17, 15) is 19.5 Å². The van der Waals surface area contributed by atoms with E-state index in [1.807, 2.05) is 13.8 Å². The van der Waals surface area contributed by atoms with Crippen molar-refractivity contribution in [3.05, 3.63) is 29.8 Å². The van der Waals surface area contributed by atoms with Crippen LogP contribution in [-0.4, -0.2) is 40.4 Å². The second-order valence-electron chi connectivity index (χ2n) is 7.37. The van der Waals surface area contributed by atoms with E-state index in [0.29, 0.717) is 36.1 Å². The normalized spacial score (nSPS) is 28.3. The molecule has 1 aromatic rings. The van der Waals surface area contributed by atoms with Crippen molar-refractivity contribution in [2.75, 3.05) is 11.9 Å². The van der Waals surface area contributed by atoms with Crippen molar-refractivity contribution in [3.63, 3.8) is 0 Å². The van der Waals surface area contributed by atoms with Crippen LogP contribution in [0.15, 0.2) is 24.3 Å². The number of benzene rings is 1. The minimum absolute atomic E-state index is 0.0162. The summed E-state index contributed by atoms with van der Waals surface area (Å²) < 4.78 is 0. The van der Waals surface area contributed by atoms with E-state index < -0.39 is 12.0 Å². The molecule has 0 bridgehead atoms. The van der Waals surface area contributed by atoms with Crippen molar-refractivity contribution in [1.82, 2.24) is 4.90 Å². The number of amides is 2. The number of hydrogen-bond donors (Lipinski definition) is 2. The third kappa shape index (κ3) is 3.83. The fraction of sp³-hybridized carbons (Fsp3) is 0.526. The fourth-order valence-electron chi connectivity index (χ4n) is 3.40. The second-order valence-corrected chi connectivity index (χ2v) is 7.37. The van der Waals surface area contributed by atoms with Gasteiger partial charge in [0.15, 0.2) is 0 Å². The van der Waals surface area contributed by atoms with Crippen molar-refractivity contribution in [2.24, 2.45) is 17.8 Å². The van der Waals surface area contributed by atoms with Crippen LogP contribution in [0.3, 0.4) is 0 Å². The van der Waals surface area contributed by atoms with Gasteiger partial charge in [-0.3, -0.25) is 9.59 Å². The van der Waals surface area contributed by atoms with Crippen molar-refractivity contribution in [2.45, 2.75) is 39.2 Å². The number of likely N-dealkylation sites (tertiary alicyclic amines) is 1. The topological polar surface area (TPSA) is 86.7 Å². The Kier molecular flexibility index (Phi) is 4.79. The second kappa shape index (κ2) is 6.86. The van der Waals surface area contributed by atoms with E-state index in [1.165, 1.54) is 4.90 Å². The minimum Gasteiger partial charge on any atom is -0.480 e. The van der Waals surface area contributed by atoms with Gasteiger partial charge in [0.05, 0.1) is 0 Å². The highest BCUT2D eigenvalue weighted by Gasteiger charge is 2.39. The summed E-state index contributed by atoms with van der Waals surface area (Å²) in [5.74, 6) is -0.381. The zero-order valence-corrected chi connectivity index (χ0v) is 14.6. The number of piperidine rings is 1. The predicted molar refractivity (Wildman–Crippen MR) is 93.2 cm³/mol. The predicted octanol–water partition coefficient (Wildman–Crippen LogP) is 2.61. The van der Waals surface area contributed by atoms with Gasteiger partial charge in [0.2, 0.25) is 5.91 Å². The molecule has 1 aliphatic heterocycles. The molecule has 25 heavy (non-hydrogen) atoms. The molecule has 3 rings (SSSR count). The lowest BCUT2D eigenvalue weighted by Gasteiger charge is -2.36. The molecule has 6 heteroatoms. The largest absolute Gasteiger partial charge is 0.480 e. The molecule has 4 atom stereocenters. The van der Waals surface area contributed by atoms with Crippen LogP contribution in [0, 0.1) is 17.8 Å². The Balaban J connectivity index is 1.67. The van der Waals surface area contributed by atoms with Crippen molar-refractivity contribution in [1.29, 1.82) is 0 Å². The zero-order chi connectivity index (χ0) is 18.1. The molecule has 1 saturated heterocycles. The summed E-state index contributed by atoms with van der Waals surface area (Å²) in [6.45, 7) is 4.51. The molecule has 2 amide bonds. The Bertz CT molecular complexity index is 685. The summed E-state index contributed by atoms with van der Waals surface area (Å²) in [5.41, 5.74) is 1.10. The van der Waals surface area contributed by atoms with Gasteiger partial charge in [-0.25, -0.2) is 4.79 Å². The summed E-state index contributed by atoms with van der Waals surface area (Å²) in [6, 6.07) is 5.91. The summed E-state index contributed by atoms with van der Waals surface area (Å²) in [6.07, 6.45) is 2.21. The van der Waals surface area contributed by atoms with Gasteiger partial charge in [-0.05, 0) is 55.4 Å². The van der Waals surface area contributed by atoms with Crippen molar-refractivity contribution >= 4 is 23.5 Å². The van der Waals surface area contributed by atoms with Crippen LogP contribution in [0.4, 0.5) is 5.69 Å². The third-order valence-corrected chi connectivity index (χ3v) is 5.26. The molecule has 1 heterocycles. The maximum atomic E-state index is 12.7. The van der Waals surface area contributed by atoms with Crippen LogP contribution in [0.2, 0.25) is 0 Å². The zero-order valence-electron chi connectivity index (χ0n) is 14.6. The van der Waals surface area contributed by atoms with E-state index in [-0.39, 0.29) is 17.7 Å². The number of aliphatic carboxylic acids is 1. The van der Waals surface area contributed by atoms with Crippen LogP contribution in [-0.2, 0) is 9.59 Å². The van der Waals surface area contributed by atoms with E-state index in [2.05, 4.69) is 5.32 Å². The number of carboxylic acid groups (broad SMARTS) is 1. The van der Waals surface area contributed by atoms with Gasteiger partial charge in [0, 0.05) is 23.7 Å². The van der Waals surface area contributed by atoms with Gasteiger partial charge >= 0.3 is 5.97 Å². The number of carbonyl (C=O) groups is 3. The number of carbonyl (C=O) groups excluding carboxylic acids is 2.